The minimum atomic E-state index is 0.962. The molecule has 0 saturated carbocycles. The number of aromatic nitrogens is 2. The molecule has 80 valence electrons. The van der Waals surface area contributed by atoms with Crippen LogP contribution in [0, 0.1) is 0 Å². The van der Waals surface area contributed by atoms with Gasteiger partial charge in [0.05, 0.1) is 5.39 Å². The molecule has 4 heteroatoms. The van der Waals surface area contributed by atoms with Gasteiger partial charge >= 0.3 is 0 Å². The lowest BCUT2D eigenvalue weighted by Gasteiger charge is -2.03. The topological polar surface area (TPSA) is 37.8 Å². The van der Waals surface area contributed by atoms with Gasteiger partial charge in [-0.15, -0.1) is 11.3 Å². The molecular formula is C11H15N3S. The van der Waals surface area contributed by atoms with Crippen LogP contribution in [0.1, 0.15) is 25.1 Å². The van der Waals surface area contributed by atoms with Gasteiger partial charge in [0, 0.05) is 11.4 Å². The van der Waals surface area contributed by atoms with Crippen LogP contribution in [0.4, 0.5) is 5.82 Å². The van der Waals surface area contributed by atoms with E-state index in [-0.39, 0.29) is 0 Å². The van der Waals surface area contributed by atoms with Gasteiger partial charge in [0.15, 0.2) is 0 Å². The molecule has 0 radical (unpaired) electrons. The second-order valence-electron chi connectivity index (χ2n) is 3.43. The molecule has 0 bridgehead atoms. The standard InChI is InChI=1S/C11H15N3S/c1-3-5-12-10-9-6-8(4-2)15-11(9)14-7-13-10/h6-7H,3-5H2,1-2H3,(H,12,13,14). The van der Waals surface area contributed by atoms with Gasteiger partial charge in [-0.05, 0) is 18.9 Å². The minimum absolute atomic E-state index is 0.962. The predicted octanol–water partition coefficient (Wildman–Crippen LogP) is 3.08. The maximum absolute atomic E-state index is 4.29. The van der Waals surface area contributed by atoms with E-state index in [9.17, 15) is 0 Å². The lowest BCUT2D eigenvalue weighted by molar-refractivity contribution is 0.970. The molecule has 0 atom stereocenters. The first kappa shape index (κ1) is 10.4. The number of anilines is 1. The first-order valence-electron chi connectivity index (χ1n) is 5.32. The fourth-order valence-electron chi connectivity index (χ4n) is 1.46. The zero-order valence-corrected chi connectivity index (χ0v) is 9.90. The van der Waals surface area contributed by atoms with Gasteiger partial charge in [-0.25, -0.2) is 9.97 Å². The molecule has 3 nitrogen and oxygen atoms in total. The second kappa shape index (κ2) is 4.57. The lowest BCUT2D eigenvalue weighted by Crippen LogP contribution is -2.02. The summed E-state index contributed by atoms with van der Waals surface area (Å²) in [6.45, 7) is 5.27. The highest BCUT2D eigenvalue weighted by Crippen LogP contribution is 2.28. The third kappa shape index (κ3) is 2.09. The largest absolute Gasteiger partial charge is 0.369 e. The van der Waals surface area contributed by atoms with Crippen LogP contribution in [-0.2, 0) is 6.42 Å². The number of nitrogens with one attached hydrogen (secondary N) is 1. The summed E-state index contributed by atoms with van der Waals surface area (Å²) >= 11 is 1.75. The molecule has 0 saturated heterocycles. The monoisotopic (exact) mass is 221 g/mol. The summed E-state index contributed by atoms with van der Waals surface area (Å²) in [5, 5.41) is 4.49. The summed E-state index contributed by atoms with van der Waals surface area (Å²) < 4.78 is 0. The molecule has 0 aliphatic carbocycles. The smallest absolute Gasteiger partial charge is 0.138 e. The van der Waals surface area contributed by atoms with E-state index in [4.69, 9.17) is 0 Å². The average molecular weight is 221 g/mol. The molecule has 0 aliphatic heterocycles. The minimum Gasteiger partial charge on any atom is -0.369 e. The molecule has 2 rings (SSSR count). The van der Waals surface area contributed by atoms with Gasteiger partial charge in [-0.3, -0.25) is 0 Å². The first-order chi connectivity index (χ1) is 7.35. The van der Waals surface area contributed by atoms with E-state index in [1.165, 1.54) is 4.88 Å². The Balaban J connectivity index is 2.40. The van der Waals surface area contributed by atoms with Crippen molar-refractivity contribution >= 4 is 27.4 Å². The van der Waals surface area contributed by atoms with Crippen molar-refractivity contribution in [2.45, 2.75) is 26.7 Å². The quantitative estimate of drug-likeness (QED) is 0.862. The average Bonchev–Trinajstić information content (AvgIpc) is 2.69. The molecule has 0 amide bonds. The normalized spacial score (nSPS) is 10.8. The van der Waals surface area contributed by atoms with E-state index in [0.717, 1.165) is 35.4 Å². The Morgan fingerprint density at radius 2 is 2.20 bits per heavy atom. The zero-order valence-electron chi connectivity index (χ0n) is 9.08. The maximum Gasteiger partial charge on any atom is 0.138 e. The number of hydrogen-bond donors (Lipinski definition) is 1. The number of aryl methyl sites for hydroxylation is 1. The van der Waals surface area contributed by atoms with Gasteiger partial charge < -0.3 is 5.32 Å². The summed E-state index contributed by atoms with van der Waals surface area (Å²) in [4.78, 5) is 11.0. The predicted molar refractivity (Wildman–Crippen MR) is 65.6 cm³/mol. The second-order valence-corrected chi connectivity index (χ2v) is 4.55. The van der Waals surface area contributed by atoms with E-state index in [1.54, 1.807) is 17.7 Å². The van der Waals surface area contributed by atoms with E-state index in [1.807, 2.05) is 0 Å². The molecule has 0 fully saturated rings. The van der Waals surface area contributed by atoms with E-state index in [0.29, 0.717) is 0 Å². The summed E-state index contributed by atoms with van der Waals surface area (Å²) in [5.41, 5.74) is 0. The van der Waals surface area contributed by atoms with Crippen LogP contribution < -0.4 is 5.32 Å². The van der Waals surface area contributed by atoms with Crippen molar-refractivity contribution in [2.75, 3.05) is 11.9 Å². The summed E-state index contributed by atoms with van der Waals surface area (Å²) in [5.74, 6) is 0.970. The number of thiophene rings is 1. The van der Waals surface area contributed by atoms with Crippen molar-refractivity contribution in [2.24, 2.45) is 0 Å². The van der Waals surface area contributed by atoms with Gasteiger partial charge in [0.2, 0.25) is 0 Å². The molecule has 1 N–H and O–H groups in total. The van der Waals surface area contributed by atoms with Crippen molar-refractivity contribution < 1.29 is 0 Å². The van der Waals surface area contributed by atoms with Crippen molar-refractivity contribution in [3.05, 3.63) is 17.3 Å². The highest BCUT2D eigenvalue weighted by Gasteiger charge is 2.06. The highest BCUT2D eigenvalue weighted by atomic mass is 32.1. The van der Waals surface area contributed by atoms with Crippen LogP contribution in [-0.4, -0.2) is 16.5 Å². The number of hydrogen-bond acceptors (Lipinski definition) is 4. The van der Waals surface area contributed by atoms with Crippen LogP contribution in [0.15, 0.2) is 12.4 Å². The van der Waals surface area contributed by atoms with E-state index >= 15 is 0 Å². The fraction of sp³-hybridized carbons (Fsp3) is 0.455. The number of rotatable bonds is 4. The molecule has 0 aromatic carbocycles. The fourth-order valence-corrected chi connectivity index (χ4v) is 2.40. The van der Waals surface area contributed by atoms with Gasteiger partial charge in [0.25, 0.3) is 0 Å². The number of nitrogens with zero attached hydrogens (tertiary/aromatic N) is 2. The SMILES string of the molecule is CCCNc1ncnc2sc(CC)cc12. The van der Waals surface area contributed by atoms with E-state index in [2.05, 4.69) is 35.2 Å². The zero-order chi connectivity index (χ0) is 10.7. The first-order valence-corrected chi connectivity index (χ1v) is 6.14. The molecule has 0 unspecified atom stereocenters. The summed E-state index contributed by atoms with van der Waals surface area (Å²) in [6.07, 6.45) is 3.81. The Kier molecular flexibility index (Phi) is 3.16. The Morgan fingerprint density at radius 3 is 2.93 bits per heavy atom. The maximum atomic E-state index is 4.29. The molecule has 2 aromatic rings. The molecule has 15 heavy (non-hydrogen) atoms. The molecular weight excluding hydrogens is 206 g/mol. The van der Waals surface area contributed by atoms with E-state index < -0.39 is 0 Å². The van der Waals surface area contributed by atoms with Crippen molar-refractivity contribution in [1.29, 1.82) is 0 Å². The van der Waals surface area contributed by atoms with Gasteiger partial charge in [0.1, 0.15) is 17.0 Å². The Hall–Kier alpha value is -1.16. The lowest BCUT2D eigenvalue weighted by atomic mass is 10.3. The Labute approximate surface area is 93.6 Å². The molecule has 2 heterocycles. The Morgan fingerprint density at radius 1 is 1.33 bits per heavy atom. The third-order valence-corrected chi connectivity index (χ3v) is 3.46. The van der Waals surface area contributed by atoms with Crippen LogP contribution >= 0.6 is 11.3 Å². The van der Waals surface area contributed by atoms with Crippen LogP contribution in [0.2, 0.25) is 0 Å². The highest BCUT2D eigenvalue weighted by molar-refractivity contribution is 7.18. The summed E-state index contributed by atoms with van der Waals surface area (Å²) in [6, 6.07) is 2.19. The van der Waals surface area contributed by atoms with Crippen LogP contribution in [0.25, 0.3) is 10.2 Å². The van der Waals surface area contributed by atoms with Crippen molar-refractivity contribution in [1.82, 2.24) is 9.97 Å². The molecule has 0 spiro atoms. The Bertz CT molecular complexity index is 450. The van der Waals surface area contributed by atoms with Crippen LogP contribution in [0.3, 0.4) is 0 Å². The number of fused-ring (bicyclic) bond motifs is 1. The third-order valence-electron chi connectivity index (χ3n) is 2.27. The summed E-state index contributed by atoms with van der Waals surface area (Å²) in [7, 11) is 0. The van der Waals surface area contributed by atoms with Gasteiger partial charge in [-0.2, -0.15) is 0 Å². The van der Waals surface area contributed by atoms with Crippen LogP contribution in [0.5, 0.6) is 0 Å². The van der Waals surface area contributed by atoms with Crippen molar-refractivity contribution in [3.63, 3.8) is 0 Å². The van der Waals surface area contributed by atoms with Gasteiger partial charge in [-0.1, -0.05) is 13.8 Å². The molecule has 0 aliphatic rings. The molecule has 2 aromatic heterocycles. The van der Waals surface area contributed by atoms with Crippen molar-refractivity contribution in [3.8, 4) is 0 Å².